The van der Waals surface area contributed by atoms with E-state index in [0.717, 1.165) is 6.42 Å². The van der Waals surface area contributed by atoms with Crippen molar-refractivity contribution in [3.63, 3.8) is 0 Å². The van der Waals surface area contributed by atoms with Crippen LogP contribution in [0.25, 0.3) is 0 Å². The first-order valence-corrected chi connectivity index (χ1v) is 10.4. The molecule has 160 valence electrons. The number of aromatic nitrogens is 3. The number of carbonyl (C=O) groups is 2. The van der Waals surface area contributed by atoms with Gasteiger partial charge in [-0.05, 0) is 19.3 Å². The average Bonchev–Trinajstić information content (AvgIpc) is 3.39. The molecule has 3 amide bonds. The number of nitrogens with zero attached hydrogens (tertiary/aromatic N) is 5. The third-order valence-corrected chi connectivity index (χ3v) is 5.62. The van der Waals surface area contributed by atoms with E-state index in [1.165, 1.54) is 11.2 Å². The number of carbonyl (C=O) groups excluding carboxylic acids is 2. The van der Waals surface area contributed by atoms with Crippen molar-refractivity contribution in [3.8, 4) is 0 Å². The van der Waals surface area contributed by atoms with Gasteiger partial charge in [0.05, 0.1) is 18.7 Å². The van der Waals surface area contributed by atoms with Crippen molar-refractivity contribution >= 4 is 22.3 Å². The second-order valence-corrected chi connectivity index (χ2v) is 8.16. The lowest BCUT2D eigenvalue weighted by atomic mass is 10.0. The van der Waals surface area contributed by atoms with E-state index in [0.29, 0.717) is 24.4 Å². The van der Waals surface area contributed by atoms with E-state index in [-0.39, 0.29) is 25.2 Å². The Morgan fingerprint density at radius 3 is 2.93 bits per heavy atom. The van der Waals surface area contributed by atoms with Gasteiger partial charge in [0.2, 0.25) is 0 Å². The molecule has 4 atom stereocenters. The van der Waals surface area contributed by atoms with E-state index < -0.39 is 34.4 Å². The van der Waals surface area contributed by atoms with Gasteiger partial charge in [-0.25, -0.2) is 19.9 Å². The molecule has 4 heterocycles. The topological polar surface area (TPSA) is 168 Å². The number of urea groups is 1. The lowest BCUT2D eigenvalue weighted by molar-refractivity contribution is -0.139. The van der Waals surface area contributed by atoms with Crippen molar-refractivity contribution in [2.75, 3.05) is 19.7 Å². The Hall–Kier alpha value is -2.33. The molecule has 3 saturated heterocycles. The molecule has 0 saturated carbocycles. The molecule has 15 heteroatoms. The summed E-state index contributed by atoms with van der Waals surface area (Å²) in [5, 5.41) is 7.98. The van der Waals surface area contributed by atoms with Crippen LogP contribution in [0.1, 0.15) is 25.3 Å². The van der Waals surface area contributed by atoms with Crippen LogP contribution in [0.3, 0.4) is 0 Å². The molecule has 4 rings (SSSR count). The third kappa shape index (κ3) is 4.32. The number of nitrogens with one attached hydrogen (secondary N) is 2. The van der Waals surface area contributed by atoms with Crippen molar-refractivity contribution in [1.29, 1.82) is 0 Å². The lowest BCUT2D eigenvalue weighted by Crippen LogP contribution is -2.50. The Balaban J connectivity index is 1.25. The summed E-state index contributed by atoms with van der Waals surface area (Å²) in [5.74, 6) is -0.503. The highest BCUT2D eigenvalue weighted by atomic mass is 32.3. The van der Waals surface area contributed by atoms with Gasteiger partial charge in [-0.2, -0.15) is 18.6 Å². The van der Waals surface area contributed by atoms with Crippen molar-refractivity contribution in [2.45, 2.75) is 43.4 Å². The van der Waals surface area contributed by atoms with Gasteiger partial charge in [0.25, 0.3) is 5.91 Å². The minimum Gasteiger partial charge on any atom is -0.309 e. The molecule has 0 aromatic carbocycles. The number of hydrogen-bond donors (Lipinski definition) is 3. The fourth-order valence-corrected chi connectivity index (χ4v) is 4.31. The van der Waals surface area contributed by atoms with E-state index in [1.54, 1.807) is 11.0 Å². The Morgan fingerprint density at radius 1 is 1.38 bits per heavy atom. The van der Waals surface area contributed by atoms with Crippen LogP contribution in [0.15, 0.2) is 12.7 Å². The highest BCUT2D eigenvalue weighted by Gasteiger charge is 2.49. The Bertz CT molecular complexity index is 864. The van der Waals surface area contributed by atoms with Crippen LogP contribution in [0.2, 0.25) is 0 Å². The van der Waals surface area contributed by atoms with Gasteiger partial charge in [-0.1, -0.05) is 0 Å². The van der Waals surface area contributed by atoms with Gasteiger partial charge in [0.15, 0.2) is 0 Å². The predicted octanol–water partition coefficient (Wildman–Crippen LogP) is -1.77. The van der Waals surface area contributed by atoms with Crippen LogP contribution in [-0.4, -0.2) is 87.5 Å². The van der Waals surface area contributed by atoms with E-state index in [1.807, 2.05) is 0 Å². The molecule has 2 bridgehead atoms. The number of hydrogen-bond acceptors (Lipinski definition) is 9. The quantitative estimate of drug-likeness (QED) is 0.332. The lowest BCUT2D eigenvalue weighted by Gasteiger charge is -2.29. The summed E-state index contributed by atoms with van der Waals surface area (Å²) in [6.07, 6.45) is 4.54. The molecule has 3 fully saturated rings. The van der Waals surface area contributed by atoms with Crippen LogP contribution in [0.4, 0.5) is 4.79 Å². The van der Waals surface area contributed by atoms with Crippen LogP contribution < -0.4 is 10.8 Å². The standard InChI is InChI=1S/C14H21N7O7S/c22-13(18-27-6-9-3-11(4-16-9)20-8-15-7-17-20)12-2-1-10-5-19(12)14(23)21(10)28-29(24,25)26/h7-12,16H,1-6H2,(H,18,22)(H,24,25,26)/t9?,10-,11?,12+/m1/s1. The van der Waals surface area contributed by atoms with Crippen molar-refractivity contribution in [1.82, 2.24) is 35.5 Å². The molecule has 1 aromatic rings. The fraction of sp³-hybridized carbons (Fsp3) is 0.714. The molecule has 3 aliphatic rings. The van der Waals surface area contributed by atoms with Gasteiger partial charge in [0, 0.05) is 19.1 Å². The maximum absolute atomic E-state index is 12.4. The number of fused-ring (bicyclic) bond motifs is 2. The zero-order valence-corrected chi connectivity index (χ0v) is 16.1. The molecule has 0 radical (unpaired) electrons. The normalized spacial score (nSPS) is 29.5. The highest BCUT2D eigenvalue weighted by Crippen LogP contribution is 2.30. The second-order valence-electron chi connectivity index (χ2n) is 7.16. The van der Waals surface area contributed by atoms with E-state index in [9.17, 15) is 18.0 Å². The molecule has 3 N–H and O–H groups in total. The summed E-state index contributed by atoms with van der Waals surface area (Å²) in [6.45, 7) is 1.07. The Labute approximate surface area is 166 Å². The number of hydroxylamine groups is 3. The minimum absolute atomic E-state index is 0.0207. The Morgan fingerprint density at radius 2 is 2.21 bits per heavy atom. The van der Waals surface area contributed by atoms with Gasteiger partial charge in [0.1, 0.15) is 18.7 Å². The van der Waals surface area contributed by atoms with Gasteiger partial charge < -0.3 is 10.2 Å². The molecule has 14 nitrogen and oxygen atoms in total. The summed E-state index contributed by atoms with van der Waals surface area (Å²) in [6, 6.07) is -1.97. The van der Waals surface area contributed by atoms with E-state index in [2.05, 4.69) is 25.2 Å². The van der Waals surface area contributed by atoms with Crippen molar-refractivity contribution in [2.24, 2.45) is 0 Å². The second kappa shape index (κ2) is 7.83. The summed E-state index contributed by atoms with van der Waals surface area (Å²) < 4.78 is 36.7. The van der Waals surface area contributed by atoms with E-state index >= 15 is 0 Å². The molecule has 1 aromatic heterocycles. The maximum atomic E-state index is 12.4. The summed E-state index contributed by atoms with van der Waals surface area (Å²) in [4.78, 5) is 35.2. The monoisotopic (exact) mass is 431 g/mol. The van der Waals surface area contributed by atoms with Crippen molar-refractivity contribution in [3.05, 3.63) is 12.7 Å². The van der Waals surface area contributed by atoms with Gasteiger partial charge in [-0.3, -0.25) is 14.2 Å². The minimum atomic E-state index is -4.83. The molecular weight excluding hydrogens is 410 g/mol. The summed E-state index contributed by atoms with van der Waals surface area (Å²) in [7, 11) is -4.83. The molecule has 0 spiro atoms. The largest absolute Gasteiger partial charge is 0.418 e. The first kappa shape index (κ1) is 20.0. The SMILES string of the molecule is O=C(NOCC1CC(n2cncn2)CN1)[C@@H]1CC[C@@H]2CN1C(=O)N2OS(=O)(=O)O. The average molecular weight is 431 g/mol. The van der Waals surface area contributed by atoms with Gasteiger partial charge in [-0.15, -0.1) is 4.28 Å². The molecule has 29 heavy (non-hydrogen) atoms. The number of amides is 3. The number of piperidine rings is 1. The third-order valence-electron chi connectivity index (χ3n) is 5.27. The van der Waals surface area contributed by atoms with Crippen LogP contribution in [0.5, 0.6) is 0 Å². The van der Waals surface area contributed by atoms with Crippen LogP contribution >= 0.6 is 0 Å². The molecular formula is C14H21N7O7S. The first-order chi connectivity index (χ1) is 13.8. The Kier molecular flexibility index (Phi) is 5.39. The van der Waals surface area contributed by atoms with Gasteiger partial charge >= 0.3 is 16.4 Å². The summed E-state index contributed by atoms with van der Waals surface area (Å²) in [5.41, 5.74) is 2.36. The predicted molar refractivity (Wildman–Crippen MR) is 92.9 cm³/mol. The van der Waals surface area contributed by atoms with Crippen LogP contribution in [0, 0.1) is 0 Å². The van der Waals surface area contributed by atoms with E-state index in [4.69, 9.17) is 9.39 Å². The maximum Gasteiger partial charge on any atom is 0.418 e. The zero-order valence-electron chi connectivity index (χ0n) is 15.2. The molecule has 3 aliphatic heterocycles. The van der Waals surface area contributed by atoms with Crippen molar-refractivity contribution < 1.29 is 31.7 Å². The smallest absolute Gasteiger partial charge is 0.309 e. The molecule has 0 aliphatic carbocycles. The molecule has 2 unspecified atom stereocenters. The highest BCUT2D eigenvalue weighted by molar-refractivity contribution is 7.80. The zero-order chi connectivity index (χ0) is 20.6. The fourth-order valence-electron chi connectivity index (χ4n) is 3.92. The first-order valence-electron chi connectivity index (χ1n) is 9.08. The summed E-state index contributed by atoms with van der Waals surface area (Å²) >= 11 is 0. The number of rotatable bonds is 7. The van der Waals surface area contributed by atoms with Crippen LogP contribution in [-0.2, 0) is 24.3 Å².